The molecule has 1 N–H and O–H groups in total. The number of ether oxygens (including phenoxy) is 1. The molecule has 0 bridgehead atoms. The predicted molar refractivity (Wildman–Crippen MR) is 80.4 cm³/mol. The summed E-state index contributed by atoms with van der Waals surface area (Å²) in [7, 11) is -3.50. The van der Waals surface area contributed by atoms with Gasteiger partial charge in [0.2, 0.25) is 10.0 Å². The van der Waals surface area contributed by atoms with Gasteiger partial charge in [0, 0.05) is 19.3 Å². The van der Waals surface area contributed by atoms with Gasteiger partial charge >= 0.3 is 0 Å². The van der Waals surface area contributed by atoms with Crippen molar-refractivity contribution in [3.05, 3.63) is 14.9 Å². The number of nitrogens with one attached hydrogen (secondary N) is 1. The molecule has 1 aromatic heterocycles. The van der Waals surface area contributed by atoms with E-state index in [9.17, 15) is 8.42 Å². The molecule has 108 valence electrons. The van der Waals surface area contributed by atoms with E-state index in [1.807, 2.05) is 6.92 Å². The third-order valence-electron chi connectivity index (χ3n) is 3.20. The van der Waals surface area contributed by atoms with Crippen molar-refractivity contribution in [3.63, 3.8) is 0 Å². The first-order valence-electron chi connectivity index (χ1n) is 5.95. The predicted octanol–water partition coefficient (Wildman–Crippen LogP) is 3.26. The van der Waals surface area contributed by atoms with Crippen LogP contribution in [-0.2, 0) is 14.8 Å². The Hall–Kier alpha value is 0.340. The third kappa shape index (κ3) is 3.92. The van der Waals surface area contributed by atoms with Crippen molar-refractivity contribution in [3.8, 4) is 0 Å². The van der Waals surface area contributed by atoms with Crippen molar-refractivity contribution >= 4 is 48.9 Å². The number of sulfonamides is 1. The van der Waals surface area contributed by atoms with E-state index in [4.69, 9.17) is 16.3 Å². The second-order valence-corrected chi connectivity index (χ2v) is 9.26. The van der Waals surface area contributed by atoms with E-state index in [0.717, 1.165) is 24.2 Å². The summed E-state index contributed by atoms with van der Waals surface area (Å²) >= 11 is 10.2. The fourth-order valence-corrected chi connectivity index (χ4v) is 5.80. The summed E-state index contributed by atoms with van der Waals surface area (Å²) in [5.41, 5.74) is 0. The monoisotopic (exact) mass is 387 g/mol. The Morgan fingerprint density at radius 1 is 1.53 bits per heavy atom. The highest BCUT2D eigenvalue weighted by Crippen LogP contribution is 2.34. The summed E-state index contributed by atoms with van der Waals surface area (Å²) in [6, 6.07) is 1.36. The van der Waals surface area contributed by atoms with E-state index in [-0.39, 0.29) is 10.3 Å². The Bertz CT molecular complexity index is 521. The van der Waals surface area contributed by atoms with Crippen LogP contribution in [0, 0.1) is 5.92 Å². The fourth-order valence-electron chi connectivity index (χ4n) is 2.07. The summed E-state index contributed by atoms with van der Waals surface area (Å²) in [5.74, 6) is 0.322. The fraction of sp³-hybridized carbons (Fsp3) is 0.636. The average Bonchev–Trinajstić information content (AvgIpc) is 2.71. The Balaban J connectivity index is 2.08. The van der Waals surface area contributed by atoms with Crippen LogP contribution in [-0.4, -0.2) is 27.7 Å². The van der Waals surface area contributed by atoms with Gasteiger partial charge in [-0.3, -0.25) is 0 Å². The van der Waals surface area contributed by atoms with Gasteiger partial charge in [0.15, 0.2) is 0 Å². The van der Waals surface area contributed by atoms with Gasteiger partial charge in [-0.1, -0.05) is 11.6 Å². The number of halogens is 2. The molecule has 2 rings (SSSR count). The van der Waals surface area contributed by atoms with Gasteiger partial charge in [-0.2, -0.15) is 0 Å². The zero-order valence-electron chi connectivity index (χ0n) is 10.4. The second kappa shape index (κ2) is 6.41. The van der Waals surface area contributed by atoms with Crippen LogP contribution in [0.25, 0.3) is 0 Å². The van der Waals surface area contributed by atoms with Crippen LogP contribution in [0.15, 0.2) is 14.1 Å². The van der Waals surface area contributed by atoms with Gasteiger partial charge in [-0.15, -0.1) is 11.3 Å². The number of rotatable bonds is 4. The minimum Gasteiger partial charge on any atom is -0.381 e. The third-order valence-corrected chi connectivity index (χ3v) is 7.71. The SMILES string of the molecule is CC(NS(=O)(=O)c1cc(Cl)c(Br)s1)C1CCOCC1. The summed E-state index contributed by atoms with van der Waals surface area (Å²) < 4.78 is 33.4. The van der Waals surface area contributed by atoms with E-state index in [1.165, 1.54) is 6.07 Å². The molecule has 0 amide bonds. The molecule has 1 aromatic rings. The van der Waals surface area contributed by atoms with Crippen LogP contribution in [0.2, 0.25) is 5.02 Å². The minimum atomic E-state index is -3.50. The summed E-state index contributed by atoms with van der Waals surface area (Å²) in [5, 5.41) is 0.420. The minimum absolute atomic E-state index is 0.103. The van der Waals surface area contributed by atoms with Crippen molar-refractivity contribution in [1.29, 1.82) is 0 Å². The van der Waals surface area contributed by atoms with E-state index >= 15 is 0 Å². The first-order chi connectivity index (χ1) is 8.90. The van der Waals surface area contributed by atoms with E-state index in [0.29, 0.717) is 27.9 Å². The van der Waals surface area contributed by atoms with Crippen LogP contribution in [0.1, 0.15) is 19.8 Å². The highest BCUT2D eigenvalue weighted by Gasteiger charge is 2.26. The van der Waals surface area contributed by atoms with Crippen molar-refractivity contribution < 1.29 is 13.2 Å². The summed E-state index contributed by atoms with van der Waals surface area (Å²) in [6.45, 7) is 3.30. The Morgan fingerprint density at radius 2 is 2.16 bits per heavy atom. The lowest BCUT2D eigenvalue weighted by Gasteiger charge is -2.27. The van der Waals surface area contributed by atoms with Crippen LogP contribution in [0.4, 0.5) is 0 Å². The van der Waals surface area contributed by atoms with Crippen LogP contribution in [0.3, 0.4) is 0 Å². The zero-order valence-corrected chi connectivity index (χ0v) is 14.3. The molecule has 8 heteroatoms. The van der Waals surface area contributed by atoms with Gasteiger partial charge in [0.05, 0.1) is 8.81 Å². The summed E-state index contributed by atoms with van der Waals surface area (Å²) in [4.78, 5) is 0. The molecular formula is C11H15BrClNO3S2. The number of hydrogen-bond donors (Lipinski definition) is 1. The lowest BCUT2D eigenvalue weighted by atomic mass is 9.94. The molecule has 0 aliphatic carbocycles. The first-order valence-corrected chi connectivity index (χ1v) is 9.42. The maximum Gasteiger partial charge on any atom is 0.250 e. The topological polar surface area (TPSA) is 55.4 Å². The highest BCUT2D eigenvalue weighted by atomic mass is 79.9. The molecule has 0 saturated carbocycles. The molecule has 1 atom stereocenters. The molecule has 0 aromatic carbocycles. The van der Waals surface area contributed by atoms with Crippen LogP contribution >= 0.6 is 38.9 Å². The molecule has 0 radical (unpaired) electrons. The van der Waals surface area contributed by atoms with Crippen molar-refractivity contribution in [2.75, 3.05) is 13.2 Å². The van der Waals surface area contributed by atoms with Gasteiger partial charge in [-0.05, 0) is 47.7 Å². The number of thiophene rings is 1. The summed E-state index contributed by atoms with van der Waals surface area (Å²) in [6.07, 6.45) is 1.77. The molecule has 1 fully saturated rings. The number of hydrogen-bond acceptors (Lipinski definition) is 4. The van der Waals surface area contributed by atoms with Crippen LogP contribution in [0.5, 0.6) is 0 Å². The maximum atomic E-state index is 12.2. The zero-order chi connectivity index (χ0) is 14.0. The molecule has 1 saturated heterocycles. The van der Waals surface area contributed by atoms with Gasteiger partial charge < -0.3 is 4.74 Å². The van der Waals surface area contributed by atoms with Crippen molar-refractivity contribution in [2.24, 2.45) is 5.92 Å². The molecule has 19 heavy (non-hydrogen) atoms. The lowest BCUT2D eigenvalue weighted by Crippen LogP contribution is -2.39. The maximum absolute atomic E-state index is 12.2. The molecular weight excluding hydrogens is 374 g/mol. The second-order valence-electron chi connectivity index (χ2n) is 4.55. The Labute approximate surface area is 130 Å². The molecule has 2 heterocycles. The van der Waals surface area contributed by atoms with Crippen LogP contribution < -0.4 is 4.72 Å². The van der Waals surface area contributed by atoms with Gasteiger partial charge in [-0.25, -0.2) is 13.1 Å². The van der Waals surface area contributed by atoms with Crippen molar-refractivity contribution in [1.82, 2.24) is 4.72 Å². The molecule has 1 unspecified atom stereocenters. The molecule has 0 spiro atoms. The van der Waals surface area contributed by atoms with Gasteiger partial charge in [0.1, 0.15) is 4.21 Å². The molecule has 1 aliphatic rings. The highest BCUT2D eigenvalue weighted by molar-refractivity contribution is 9.11. The first kappa shape index (κ1) is 15.7. The average molecular weight is 389 g/mol. The Morgan fingerprint density at radius 3 is 2.68 bits per heavy atom. The van der Waals surface area contributed by atoms with E-state index in [2.05, 4.69) is 20.7 Å². The Kier molecular flexibility index (Phi) is 5.30. The normalized spacial score (nSPS) is 19.5. The lowest BCUT2D eigenvalue weighted by molar-refractivity contribution is 0.0586. The quantitative estimate of drug-likeness (QED) is 0.861. The molecule has 4 nitrogen and oxygen atoms in total. The van der Waals surface area contributed by atoms with Crippen molar-refractivity contribution in [2.45, 2.75) is 30.0 Å². The largest absolute Gasteiger partial charge is 0.381 e. The molecule has 1 aliphatic heterocycles. The van der Waals surface area contributed by atoms with E-state index in [1.54, 1.807) is 0 Å². The van der Waals surface area contributed by atoms with Gasteiger partial charge in [0.25, 0.3) is 0 Å². The standard InChI is InChI=1S/C11H15BrClNO3S2/c1-7(8-2-4-17-5-3-8)14-19(15,16)10-6-9(13)11(12)18-10/h6-8,14H,2-5H2,1H3. The smallest absolute Gasteiger partial charge is 0.250 e. The van der Waals surface area contributed by atoms with E-state index < -0.39 is 10.0 Å².